The Hall–Kier alpha value is -7.32. The van der Waals surface area contributed by atoms with Crippen LogP contribution in [0.1, 0.15) is 36.5 Å². The number of rotatable bonds is 18. The first kappa shape index (κ1) is 47.6. The van der Waals surface area contributed by atoms with Crippen molar-refractivity contribution in [1.82, 2.24) is 0 Å². The van der Waals surface area contributed by atoms with Crippen molar-refractivity contribution in [3.05, 3.63) is 126 Å². The molecule has 7 rings (SSSR count). The quantitative estimate of drug-likeness (QED) is 0.0358. The molecule has 0 saturated carbocycles. The first-order valence-corrected chi connectivity index (χ1v) is 24.0. The van der Waals surface area contributed by atoms with Gasteiger partial charge in [0.05, 0.1) is 48.8 Å². The molecular weight excluding hydrogens is 899 g/mol. The second-order valence-electron chi connectivity index (χ2n) is 15.5. The molecule has 0 unspecified atom stereocenters. The highest BCUT2D eigenvalue weighted by atomic mass is 32.2. The first-order chi connectivity index (χ1) is 32.0. The third-order valence-electron chi connectivity index (χ3n) is 10.4. The fourth-order valence-electron chi connectivity index (χ4n) is 6.89. The van der Waals surface area contributed by atoms with Gasteiger partial charge in [0.2, 0.25) is 0 Å². The second-order valence-corrected chi connectivity index (χ2v) is 18.5. The molecule has 19 heteroatoms. The Balaban J connectivity index is 1.12. The molecule has 0 amide bonds. The second kappa shape index (κ2) is 20.5. The van der Waals surface area contributed by atoms with Crippen molar-refractivity contribution in [3.63, 3.8) is 0 Å². The minimum absolute atomic E-state index is 0.00631. The van der Waals surface area contributed by atoms with Crippen molar-refractivity contribution < 1.29 is 45.3 Å². The lowest BCUT2D eigenvalue weighted by Gasteiger charge is -2.11. The number of phenolic OH excluding ortho intramolecular Hbond substituents is 1. The molecule has 17 nitrogen and oxygen atoms in total. The Morgan fingerprint density at radius 3 is 1.84 bits per heavy atom. The zero-order chi connectivity index (χ0) is 47.9. The number of aryl methyl sites for hydroxylation is 3. The number of nitrogens with one attached hydrogen (secondary N) is 1. The van der Waals surface area contributed by atoms with E-state index >= 15 is 0 Å². The molecule has 0 aromatic heterocycles. The number of hydrogen-bond acceptors (Lipinski definition) is 15. The molecule has 0 heterocycles. The predicted molar refractivity (Wildman–Crippen MR) is 258 cm³/mol. The summed E-state index contributed by atoms with van der Waals surface area (Å²) in [5, 5.41) is 43.3. The Labute approximate surface area is 387 Å². The number of aromatic hydroxyl groups is 1. The highest BCUT2D eigenvalue weighted by molar-refractivity contribution is 7.86. The van der Waals surface area contributed by atoms with E-state index in [0.29, 0.717) is 63.5 Å². The van der Waals surface area contributed by atoms with Gasteiger partial charge in [-0.3, -0.25) is 9.11 Å². The topological polar surface area (TPSA) is 243 Å². The van der Waals surface area contributed by atoms with E-state index in [1.807, 2.05) is 69.3 Å². The number of ether oxygens (including phenoxy) is 3. The average molecular weight is 946 g/mol. The zero-order valence-corrected chi connectivity index (χ0v) is 38.8. The van der Waals surface area contributed by atoms with Crippen LogP contribution < -0.4 is 19.5 Å². The number of anilines is 2. The molecular formula is C48H47N7O10S2. The molecule has 7 aromatic rings. The Kier molecular flexibility index (Phi) is 14.5. The number of methoxy groups -OCH3 is 1. The molecule has 0 saturated heterocycles. The summed E-state index contributed by atoms with van der Waals surface area (Å²) >= 11 is 0. The molecule has 0 bridgehead atoms. The third-order valence-corrected chi connectivity index (χ3v) is 12.1. The number of benzene rings is 7. The number of phenols is 1. The van der Waals surface area contributed by atoms with Gasteiger partial charge in [-0.2, -0.15) is 37.3 Å². The van der Waals surface area contributed by atoms with E-state index < -0.39 is 26.0 Å². The van der Waals surface area contributed by atoms with Crippen LogP contribution in [0.3, 0.4) is 0 Å². The molecule has 7 aromatic carbocycles. The summed E-state index contributed by atoms with van der Waals surface area (Å²) in [4.78, 5) is -0.295. The standard InChI is InChI=1S/C48H47N7O10S2/c1-6-18-64-38-26-33-25-36(12-15-39(33)47(27-38)67(60,61)62)50-52-44-28-46(65-19-7-20-66(57,58)59)45(23-31(44)4)55-54-43-22-29(2)42(21-30(43)3)53-51-41-17-8-32-24-35(11-16-40(32)48(41)56)49-34-9-13-37(63-5)14-10-34/h8-17,21-28,49,56H,6-7,18-20H2,1-5H3,(H,57,58,59)(H,60,61,62). The summed E-state index contributed by atoms with van der Waals surface area (Å²) < 4.78 is 83.2. The molecule has 0 fully saturated rings. The summed E-state index contributed by atoms with van der Waals surface area (Å²) in [5.74, 6) is 0.726. The van der Waals surface area contributed by atoms with Gasteiger partial charge in [0.1, 0.15) is 33.5 Å². The third kappa shape index (κ3) is 12.1. The van der Waals surface area contributed by atoms with Crippen LogP contribution in [-0.4, -0.2) is 57.1 Å². The molecule has 67 heavy (non-hydrogen) atoms. The molecule has 0 spiro atoms. The van der Waals surface area contributed by atoms with Gasteiger partial charge in [-0.15, -0.1) is 10.2 Å². The van der Waals surface area contributed by atoms with E-state index in [2.05, 4.69) is 36.0 Å². The van der Waals surface area contributed by atoms with Crippen LogP contribution in [0, 0.1) is 20.8 Å². The van der Waals surface area contributed by atoms with Gasteiger partial charge in [0.25, 0.3) is 20.2 Å². The highest BCUT2D eigenvalue weighted by Crippen LogP contribution is 2.41. The normalized spacial score (nSPS) is 12.2. The first-order valence-electron chi connectivity index (χ1n) is 20.9. The minimum atomic E-state index is -4.57. The van der Waals surface area contributed by atoms with Crippen LogP contribution in [0.4, 0.5) is 45.5 Å². The number of hydrogen-bond donors (Lipinski definition) is 4. The van der Waals surface area contributed by atoms with Crippen LogP contribution in [0.2, 0.25) is 0 Å². The lowest BCUT2D eigenvalue weighted by Crippen LogP contribution is -2.08. The highest BCUT2D eigenvalue weighted by Gasteiger charge is 2.18. The molecule has 0 aliphatic carbocycles. The van der Waals surface area contributed by atoms with E-state index in [1.165, 1.54) is 12.1 Å². The maximum atomic E-state index is 12.2. The summed E-state index contributed by atoms with van der Waals surface area (Å²) in [6.45, 7) is 7.64. The van der Waals surface area contributed by atoms with Gasteiger partial charge in [0.15, 0.2) is 5.75 Å². The minimum Gasteiger partial charge on any atom is -0.505 e. The van der Waals surface area contributed by atoms with Crippen molar-refractivity contribution in [1.29, 1.82) is 0 Å². The molecule has 346 valence electrons. The largest absolute Gasteiger partial charge is 0.505 e. The van der Waals surface area contributed by atoms with E-state index in [9.17, 15) is 31.0 Å². The number of azo groups is 3. The van der Waals surface area contributed by atoms with Crippen molar-refractivity contribution >= 4 is 87.3 Å². The van der Waals surface area contributed by atoms with Gasteiger partial charge < -0.3 is 24.6 Å². The lowest BCUT2D eigenvalue weighted by molar-refractivity contribution is 0.317. The number of fused-ring (bicyclic) bond motifs is 2. The zero-order valence-electron chi connectivity index (χ0n) is 37.1. The molecule has 0 aliphatic rings. The average Bonchev–Trinajstić information content (AvgIpc) is 3.29. The van der Waals surface area contributed by atoms with Gasteiger partial charge in [-0.1, -0.05) is 19.1 Å². The van der Waals surface area contributed by atoms with Crippen molar-refractivity contribution in [2.45, 2.75) is 45.4 Å². The smallest absolute Gasteiger partial charge is 0.295 e. The fourth-order valence-corrected chi connectivity index (χ4v) is 8.10. The summed E-state index contributed by atoms with van der Waals surface area (Å²) in [7, 11) is -7.17. The SMILES string of the molecule is CCCOc1cc(S(=O)(=O)O)c2ccc(N=Nc3cc(OCCCS(=O)(=O)O)c(N=Nc4cc(C)c(N=Nc5ccc6cc(Nc7ccc(OC)cc7)ccc6c5O)cc4C)cc3C)cc2c1. The maximum Gasteiger partial charge on any atom is 0.295 e. The van der Waals surface area contributed by atoms with E-state index in [-0.39, 0.29) is 40.6 Å². The van der Waals surface area contributed by atoms with Crippen LogP contribution in [-0.2, 0) is 20.2 Å². The maximum absolute atomic E-state index is 12.2. The molecule has 0 radical (unpaired) electrons. The van der Waals surface area contributed by atoms with E-state index in [0.717, 1.165) is 33.6 Å². The van der Waals surface area contributed by atoms with Crippen LogP contribution in [0.5, 0.6) is 23.0 Å². The van der Waals surface area contributed by atoms with Gasteiger partial charge in [-0.05, 0) is 146 Å². The predicted octanol–water partition coefficient (Wildman–Crippen LogP) is 13.3. The molecule has 4 N–H and O–H groups in total. The van der Waals surface area contributed by atoms with Crippen molar-refractivity contribution in [3.8, 4) is 23.0 Å². The summed E-state index contributed by atoms with van der Waals surface area (Å²) in [6, 6.07) is 31.2. The molecule has 0 atom stereocenters. The summed E-state index contributed by atoms with van der Waals surface area (Å²) in [6.07, 6.45) is 0.677. The fraction of sp³-hybridized carbons (Fsp3) is 0.208. The van der Waals surface area contributed by atoms with Gasteiger partial charge >= 0.3 is 0 Å². The van der Waals surface area contributed by atoms with E-state index in [4.69, 9.17) is 14.2 Å². The van der Waals surface area contributed by atoms with Crippen LogP contribution >= 0.6 is 0 Å². The monoisotopic (exact) mass is 945 g/mol. The van der Waals surface area contributed by atoms with Crippen molar-refractivity contribution in [2.75, 3.05) is 31.4 Å². The molecule has 0 aliphatic heterocycles. The Morgan fingerprint density at radius 2 is 1.18 bits per heavy atom. The Morgan fingerprint density at radius 1 is 0.567 bits per heavy atom. The van der Waals surface area contributed by atoms with Gasteiger partial charge in [-0.25, -0.2) is 0 Å². The number of nitrogens with zero attached hydrogens (tertiary/aromatic N) is 6. The Bertz CT molecular complexity index is 3310. The van der Waals surface area contributed by atoms with Crippen LogP contribution in [0.25, 0.3) is 21.5 Å². The van der Waals surface area contributed by atoms with Crippen molar-refractivity contribution in [2.24, 2.45) is 30.7 Å². The van der Waals surface area contributed by atoms with Gasteiger partial charge in [0, 0.05) is 34.3 Å². The van der Waals surface area contributed by atoms with Crippen LogP contribution in [0.15, 0.2) is 145 Å². The lowest BCUT2D eigenvalue weighted by atomic mass is 10.1. The van der Waals surface area contributed by atoms with E-state index in [1.54, 1.807) is 62.6 Å². The summed E-state index contributed by atoms with van der Waals surface area (Å²) in [5.41, 5.74) is 6.27.